The highest BCUT2D eigenvalue weighted by Gasteiger charge is 2.32. The van der Waals surface area contributed by atoms with Gasteiger partial charge in [0.1, 0.15) is 12.1 Å². The number of likely N-dealkylation sites (tertiary alicyclic amines) is 3. The summed E-state index contributed by atoms with van der Waals surface area (Å²) in [5, 5.41) is 0. The lowest BCUT2D eigenvalue weighted by Crippen LogP contribution is -2.49. The van der Waals surface area contributed by atoms with E-state index in [0.717, 1.165) is 38.8 Å². The van der Waals surface area contributed by atoms with Crippen LogP contribution in [0.2, 0.25) is 0 Å². The predicted molar refractivity (Wildman–Crippen MR) is 221 cm³/mol. The second-order valence-corrected chi connectivity index (χ2v) is 14.2. The van der Waals surface area contributed by atoms with Crippen LogP contribution in [0.25, 0.3) is 0 Å². The summed E-state index contributed by atoms with van der Waals surface area (Å²) in [5.41, 5.74) is 5.05. The van der Waals surface area contributed by atoms with Crippen LogP contribution in [0.5, 0.6) is 0 Å². The van der Waals surface area contributed by atoms with Crippen LogP contribution in [0.15, 0.2) is 0 Å². The maximum absolute atomic E-state index is 12.8. The normalized spacial score (nSPS) is 16.4. The maximum atomic E-state index is 12.8. The van der Waals surface area contributed by atoms with Gasteiger partial charge in [-0.05, 0) is 52.9 Å². The number of carbonyl (C=O) groups is 6. The van der Waals surface area contributed by atoms with Gasteiger partial charge >= 0.3 is 0 Å². The third-order valence-electron chi connectivity index (χ3n) is 9.71. The molecule has 59 heavy (non-hydrogen) atoms. The number of hydrogen-bond donors (Lipinski definition) is 1. The number of rotatable bonds is 27. The summed E-state index contributed by atoms with van der Waals surface area (Å²) in [5.74, 6) is -0.182. The lowest BCUT2D eigenvalue weighted by atomic mass is 10.1. The topological polar surface area (TPSA) is 206 Å². The Morgan fingerprint density at radius 3 is 1.31 bits per heavy atom. The number of nitrogens with two attached hydrogens (primary N) is 1. The van der Waals surface area contributed by atoms with Crippen molar-refractivity contribution >= 4 is 35.3 Å². The molecule has 3 aliphatic heterocycles. The molecule has 18 heteroatoms. The Morgan fingerprint density at radius 2 is 0.966 bits per heavy atom. The molecular weight excluding hydrogens is 770 g/mol. The Hall–Kier alpha value is -3.26. The van der Waals surface area contributed by atoms with E-state index in [1.165, 1.54) is 4.90 Å². The van der Waals surface area contributed by atoms with Crippen molar-refractivity contribution in [3.05, 3.63) is 0 Å². The van der Waals surface area contributed by atoms with Gasteiger partial charge in [0.2, 0.25) is 29.5 Å². The largest absolute Gasteiger partial charge is 0.385 e. The summed E-state index contributed by atoms with van der Waals surface area (Å²) in [6.45, 7) is 15.8. The summed E-state index contributed by atoms with van der Waals surface area (Å²) in [7, 11) is 6.57. The molecule has 3 saturated heterocycles. The molecule has 18 nitrogen and oxygen atoms in total. The minimum absolute atomic E-state index is 0.0382. The first-order chi connectivity index (χ1) is 28.3. The van der Waals surface area contributed by atoms with Crippen molar-refractivity contribution in [3.63, 3.8) is 0 Å². The Bertz CT molecular complexity index is 1160. The first kappa shape index (κ1) is 55.7. The van der Waals surface area contributed by atoms with Gasteiger partial charge in [0, 0.05) is 100 Å². The van der Waals surface area contributed by atoms with Crippen molar-refractivity contribution in [3.8, 4) is 0 Å². The van der Waals surface area contributed by atoms with E-state index in [1.807, 2.05) is 6.92 Å². The van der Waals surface area contributed by atoms with E-state index in [4.69, 9.17) is 38.9 Å². The first-order valence-electron chi connectivity index (χ1n) is 21.0. The molecule has 3 aliphatic rings. The molecule has 2 N–H and O–H groups in total. The summed E-state index contributed by atoms with van der Waals surface area (Å²) >= 11 is 0. The van der Waals surface area contributed by atoms with E-state index in [-0.39, 0.29) is 35.5 Å². The van der Waals surface area contributed by atoms with E-state index in [1.54, 1.807) is 57.0 Å². The van der Waals surface area contributed by atoms with Crippen LogP contribution in [0, 0.1) is 0 Å². The summed E-state index contributed by atoms with van der Waals surface area (Å²) in [6, 6.07) is -1.17. The molecule has 3 atom stereocenters. The van der Waals surface area contributed by atoms with Crippen molar-refractivity contribution in [2.24, 2.45) is 5.73 Å². The quantitative estimate of drug-likeness (QED) is 0.117. The number of nitrogens with zero attached hydrogens (tertiary/aromatic N) is 4. The average Bonchev–Trinajstić information content (AvgIpc) is 3.98. The van der Waals surface area contributed by atoms with Crippen LogP contribution in [0.3, 0.4) is 0 Å². The van der Waals surface area contributed by atoms with Crippen molar-refractivity contribution in [2.75, 3.05) is 127 Å². The number of ether oxygens (including phenoxy) is 7. The van der Waals surface area contributed by atoms with Crippen LogP contribution in [0.1, 0.15) is 85.5 Å². The second kappa shape index (κ2) is 35.5. The van der Waals surface area contributed by atoms with E-state index in [9.17, 15) is 28.8 Å². The first-order valence-corrected chi connectivity index (χ1v) is 21.0. The van der Waals surface area contributed by atoms with Gasteiger partial charge in [-0.25, -0.2) is 0 Å². The third-order valence-corrected chi connectivity index (χ3v) is 9.71. The zero-order chi connectivity index (χ0) is 44.4. The molecule has 0 saturated carbocycles. The van der Waals surface area contributed by atoms with Crippen molar-refractivity contribution in [1.29, 1.82) is 0 Å². The lowest BCUT2D eigenvalue weighted by molar-refractivity contribution is -0.144. The SMILES string of the molecule is CCCOC.COCCOCCCC(=O)[C@H](C)N1CCCC1=O.COCCOCCN(CCOCCOC)C(=O)[C@H](C)N1CCCC1=O.C[C@@H](C(N)=O)N1CCCC1=O. The Kier molecular flexibility index (Phi) is 33.5. The zero-order valence-electron chi connectivity index (χ0n) is 37.4. The zero-order valence-corrected chi connectivity index (χ0v) is 37.4. The fourth-order valence-corrected chi connectivity index (χ4v) is 6.14. The van der Waals surface area contributed by atoms with Crippen LogP contribution in [-0.2, 0) is 61.9 Å². The van der Waals surface area contributed by atoms with E-state index >= 15 is 0 Å². The van der Waals surface area contributed by atoms with E-state index < -0.39 is 18.0 Å². The van der Waals surface area contributed by atoms with Gasteiger partial charge in [0.15, 0.2) is 5.78 Å². The van der Waals surface area contributed by atoms with Crippen LogP contribution in [-0.4, -0.2) is 200 Å². The molecule has 0 aromatic heterocycles. The number of hydrogen-bond acceptors (Lipinski definition) is 13. The number of methoxy groups -OCH3 is 4. The third kappa shape index (κ3) is 24.6. The number of carbonyl (C=O) groups excluding carboxylic acids is 6. The minimum Gasteiger partial charge on any atom is -0.385 e. The van der Waals surface area contributed by atoms with Crippen molar-refractivity contribution in [1.82, 2.24) is 19.6 Å². The molecule has 0 radical (unpaired) electrons. The summed E-state index contributed by atoms with van der Waals surface area (Å²) in [4.78, 5) is 76.3. The lowest BCUT2D eigenvalue weighted by Gasteiger charge is -2.30. The van der Waals surface area contributed by atoms with Crippen LogP contribution < -0.4 is 5.73 Å². The molecule has 0 spiro atoms. The van der Waals surface area contributed by atoms with E-state index in [2.05, 4.69) is 6.92 Å². The van der Waals surface area contributed by atoms with Gasteiger partial charge in [0.25, 0.3) is 0 Å². The highest BCUT2D eigenvalue weighted by molar-refractivity contribution is 5.90. The monoisotopic (exact) mass is 848 g/mol. The summed E-state index contributed by atoms with van der Waals surface area (Å²) < 4.78 is 35.6. The Balaban J connectivity index is 0.000000857. The number of ketones is 1. The minimum atomic E-state index is -0.451. The number of primary amides is 1. The molecular formula is C41H77N5O13. The molecule has 5 amide bonds. The van der Waals surface area contributed by atoms with E-state index in [0.29, 0.717) is 118 Å². The Labute approximate surface area is 352 Å². The number of amides is 5. The van der Waals surface area contributed by atoms with Gasteiger partial charge in [-0.15, -0.1) is 0 Å². The standard InChI is InChI=1S/C17H32N2O6.C13H23NO4.C7H12N2O2.C4H10O/c1-15(19-6-4-5-16(19)20)17(21)18(7-9-24-13-11-22-2)8-10-25-14-12-23-3;1-11(14-7-3-6-13(14)16)12(15)5-4-8-18-10-9-17-2;1-5(7(8)11)9-4-2-3-6(9)10;1-3-4-5-2/h15H,4-14H2,1-3H3;11H,3-10H2,1-2H3;5H,2-4H2,1H3,(H2,8,11);3-4H2,1-2H3/t15-;11-;5-;/m000./s1. The Morgan fingerprint density at radius 1 is 0.576 bits per heavy atom. The summed E-state index contributed by atoms with van der Waals surface area (Å²) in [6.07, 6.45) is 6.49. The van der Waals surface area contributed by atoms with Crippen molar-refractivity contribution < 1.29 is 61.9 Å². The van der Waals surface area contributed by atoms with Gasteiger partial charge in [-0.1, -0.05) is 6.92 Å². The molecule has 0 bridgehead atoms. The average molecular weight is 848 g/mol. The van der Waals surface area contributed by atoms with Gasteiger partial charge in [0.05, 0.1) is 58.9 Å². The molecule has 0 aromatic rings. The van der Waals surface area contributed by atoms with Gasteiger partial charge in [-0.3, -0.25) is 28.8 Å². The highest BCUT2D eigenvalue weighted by atomic mass is 16.5. The molecule has 0 aliphatic carbocycles. The molecule has 0 aromatic carbocycles. The molecule has 344 valence electrons. The second-order valence-electron chi connectivity index (χ2n) is 14.2. The fraction of sp³-hybridized carbons (Fsp3) is 0.854. The van der Waals surface area contributed by atoms with Gasteiger partial charge < -0.3 is 58.5 Å². The predicted octanol–water partition coefficient (Wildman–Crippen LogP) is 1.69. The fourth-order valence-electron chi connectivity index (χ4n) is 6.14. The number of Topliss-reactive ketones (excluding diaryl/α,β-unsaturated/α-hetero) is 1. The maximum Gasteiger partial charge on any atom is 0.245 e. The smallest absolute Gasteiger partial charge is 0.245 e. The molecule has 3 fully saturated rings. The van der Waals surface area contributed by atoms with Gasteiger partial charge in [-0.2, -0.15) is 0 Å². The molecule has 3 heterocycles. The molecule has 3 rings (SSSR count). The molecule has 0 unspecified atom stereocenters. The van der Waals surface area contributed by atoms with Crippen LogP contribution in [0.4, 0.5) is 0 Å². The van der Waals surface area contributed by atoms with Crippen LogP contribution >= 0.6 is 0 Å². The van der Waals surface area contributed by atoms with Crippen molar-refractivity contribution in [2.45, 2.75) is 104 Å². The highest BCUT2D eigenvalue weighted by Crippen LogP contribution is 2.17.